The topological polar surface area (TPSA) is 70.3 Å². The van der Waals surface area contributed by atoms with Crippen LogP contribution in [0.3, 0.4) is 0 Å². The molecule has 1 rings (SSSR count). The summed E-state index contributed by atoms with van der Waals surface area (Å²) in [6.07, 6.45) is 9.71. The lowest BCUT2D eigenvalue weighted by molar-refractivity contribution is 0.182. The van der Waals surface area contributed by atoms with Crippen molar-refractivity contribution in [2.24, 2.45) is 23.5 Å². The molecule has 0 aliphatic heterocycles. The molecule has 0 heterocycles. The molecule has 1 fully saturated rings. The molecule has 0 aromatic rings. The lowest BCUT2D eigenvalue weighted by Crippen LogP contribution is -2.38. The Kier molecular flexibility index (Phi) is 12.3. The van der Waals surface area contributed by atoms with Crippen molar-refractivity contribution in [1.29, 1.82) is 0 Å². The van der Waals surface area contributed by atoms with Crippen LogP contribution in [0.2, 0.25) is 0 Å². The van der Waals surface area contributed by atoms with E-state index in [0.29, 0.717) is 17.9 Å². The lowest BCUT2D eigenvalue weighted by atomic mass is 9.82. The first-order valence-electron chi connectivity index (χ1n) is 11.5. The SMILES string of the molecule is CCCCC(CO)C(C)/C(CNC1CCC(C)CC1)=C(\CC)NCC(C)N. The third-order valence-electron chi connectivity index (χ3n) is 6.40. The monoisotopic (exact) mass is 381 g/mol. The average molecular weight is 382 g/mol. The van der Waals surface area contributed by atoms with Crippen LogP contribution in [0.5, 0.6) is 0 Å². The number of nitrogens with two attached hydrogens (primary N) is 1. The second kappa shape index (κ2) is 13.6. The van der Waals surface area contributed by atoms with Gasteiger partial charge in [0.1, 0.15) is 0 Å². The van der Waals surface area contributed by atoms with E-state index in [9.17, 15) is 5.11 Å². The summed E-state index contributed by atoms with van der Waals surface area (Å²) in [5.41, 5.74) is 8.76. The fourth-order valence-electron chi connectivity index (χ4n) is 4.26. The lowest BCUT2D eigenvalue weighted by Gasteiger charge is -2.32. The highest BCUT2D eigenvalue weighted by Crippen LogP contribution is 2.28. The van der Waals surface area contributed by atoms with E-state index in [-0.39, 0.29) is 12.6 Å². The van der Waals surface area contributed by atoms with E-state index < -0.39 is 0 Å². The normalized spacial score (nSPS) is 24.9. The van der Waals surface area contributed by atoms with Crippen LogP contribution in [0, 0.1) is 17.8 Å². The van der Waals surface area contributed by atoms with Gasteiger partial charge in [-0.2, -0.15) is 0 Å². The zero-order valence-electron chi connectivity index (χ0n) is 18.7. The molecular formula is C23H47N3O. The van der Waals surface area contributed by atoms with E-state index in [2.05, 4.69) is 38.3 Å². The van der Waals surface area contributed by atoms with Gasteiger partial charge in [0.25, 0.3) is 0 Å². The minimum absolute atomic E-state index is 0.143. The number of hydrogen-bond acceptors (Lipinski definition) is 4. The van der Waals surface area contributed by atoms with Gasteiger partial charge in [-0.15, -0.1) is 0 Å². The number of hydrogen-bond donors (Lipinski definition) is 4. The van der Waals surface area contributed by atoms with E-state index in [1.165, 1.54) is 49.8 Å². The van der Waals surface area contributed by atoms with Crippen LogP contribution < -0.4 is 16.4 Å². The smallest absolute Gasteiger partial charge is 0.0464 e. The van der Waals surface area contributed by atoms with Crippen molar-refractivity contribution in [1.82, 2.24) is 10.6 Å². The van der Waals surface area contributed by atoms with E-state index in [0.717, 1.165) is 31.8 Å². The maximum atomic E-state index is 10.0. The summed E-state index contributed by atoms with van der Waals surface area (Å²) in [4.78, 5) is 0. The molecule has 0 aromatic heterocycles. The Labute approximate surface area is 168 Å². The number of aliphatic hydroxyl groups is 1. The number of rotatable bonds is 13. The average Bonchev–Trinajstić information content (AvgIpc) is 2.66. The van der Waals surface area contributed by atoms with E-state index in [4.69, 9.17) is 5.73 Å². The third kappa shape index (κ3) is 8.97. The molecule has 0 amide bonds. The summed E-state index contributed by atoms with van der Waals surface area (Å²) < 4.78 is 0. The molecule has 0 spiro atoms. The van der Waals surface area contributed by atoms with Gasteiger partial charge in [0.2, 0.25) is 0 Å². The molecule has 0 bridgehead atoms. The Morgan fingerprint density at radius 3 is 2.33 bits per heavy atom. The van der Waals surface area contributed by atoms with Crippen LogP contribution in [0.15, 0.2) is 11.3 Å². The van der Waals surface area contributed by atoms with Gasteiger partial charge in [-0.1, -0.05) is 40.5 Å². The highest BCUT2D eigenvalue weighted by Gasteiger charge is 2.24. The van der Waals surface area contributed by atoms with Gasteiger partial charge >= 0.3 is 0 Å². The maximum Gasteiger partial charge on any atom is 0.0464 e. The maximum absolute atomic E-state index is 10.0. The van der Waals surface area contributed by atoms with Gasteiger partial charge in [-0.05, 0) is 68.8 Å². The standard InChI is InChI=1S/C23H47N3O/c1-6-8-9-20(16-27)19(5)22(23(7-2)26-14-18(4)24)15-25-21-12-10-17(3)11-13-21/h17-21,25-27H,6-16,24H2,1-5H3/b23-22+. The molecule has 4 heteroatoms. The molecule has 1 saturated carbocycles. The Bertz CT molecular complexity index is 414. The van der Waals surface area contributed by atoms with Crippen LogP contribution in [0.25, 0.3) is 0 Å². The van der Waals surface area contributed by atoms with Crippen molar-refractivity contribution in [3.05, 3.63) is 11.3 Å². The number of unbranched alkanes of at least 4 members (excludes halogenated alkanes) is 1. The van der Waals surface area contributed by atoms with Crippen molar-refractivity contribution >= 4 is 0 Å². The molecular weight excluding hydrogens is 334 g/mol. The predicted octanol–water partition coefficient (Wildman–Crippen LogP) is 4.19. The zero-order chi connectivity index (χ0) is 20.2. The van der Waals surface area contributed by atoms with Crippen molar-refractivity contribution in [2.75, 3.05) is 19.7 Å². The Morgan fingerprint density at radius 1 is 1.15 bits per heavy atom. The van der Waals surface area contributed by atoms with Crippen LogP contribution in [-0.2, 0) is 0 Å². The molecule has 0 saturated heterocycles. The van der Waals surface area contributed by atoms with Crippen LogP contribution >= 0.6 is 0 Å². The molecule has 5 N–H and O–H groups in total. The van der Waals surface area contributed by atoms with Gasteiger partial charge in [0.15, 0.2) is 0 Å². The van der Waals surface area contributed by atoms with E-state index in [1.54, 1.807) is 0 Å². The van der Waals surface area contributed by atoms with Gasteiger partial charge < -0.3 is 21.5 Å². The molecule has 27 heavy (non-hydrogen) atoms. The molecule has 1 aliphatic rings. The first kappa shape index (κ1) is 24.5. The molecule has 0 aromatic carbocycles. The van der Waals surface area contributed by atoms with Crippen molar-refractivity contribution in [3.8, 4) is 0 Å². The molecule has 0 radical (unpaired) electrons. The minimum atomic E-state index is 0.143. The molecule has 3 atom stereocenters. The van der Waals surface area contributed by atoms with Gasteiger partial charge in [-0.25, -0.2) is 0 Å². The summed E-state index contributed by atoms with van der Waals surface area (Å²) in [6, 6.07) is 0.780. The van der Waals surface area contributed by atoms with Gasteiger partial charge in [0, 0.05) is 37.5 Å². The molecule has 1 aliphatic carbocycles. The fraction of sp³-hybridized carbons (Fsp3) is 0.913. The highest BCUT2D eigenvalue weighted by atomic mass is 16.3. The quantitative estimate of drug-likeness (QED) is 0.386. The number of nitrogens with one attached hydrogen (secondary N) is 2. The minimum Gasteiger partial charge on any atom is -0.396 e. The summed E-state index contributed by atoms with van der Waals surface area (Å²) in [6.45, 7) is 13.2. The predicted molar refractivity (Wildman–Crippen MR) is 118 cm³/mol. The van der Waals surface area contributed by atoms with Crippen molar-refractivity contribution < 1.29 is 5.11 Å². The first-order chi connectivity index (χ1) is 12.9. The van der Waals surface area contributed by atoms with Crippen LogP contribution in [-0.4, -0.2) is 36.9 Å². The molecule has 4 nitrogen and oxygen atoms in total. The van der Waals surface area contributed by atoms with E-state index >= 15 is 0 Å². The van der Waals surface area contributed by atoms with Crippen LogP contribution in [0.4, 0.5) is 0 Å². The number of aliphatic hydroxyl groups excluding tert-OH is 1. The van der Waals surface area contributed by atoms with Crippen LogP contribution in [0.1, 0.15) is 86.0 Å². The third-order valence-corrected chi connectivity index (χ3v) is 6.40. The molecule has 160 valence electrons. The van der Waals surface area contributed by atoms with Gasteiger partial charge in [0.05, 0.1) is 0 Å². The summed E-state index contributed by atoms with van der Waals surface area (Å²) in [5.74, 6) is 1.60. The Balaban J connectivity index is 2.88. The Morgan fingerprint density at radius 2 is 1.81 bits per heavy atom. The Hall–Kier alpha value is -0.580. The zero-order valence-corrected chi connectivity index (χ0v) is 18.7. The number of allylic oxidation sites excluding steroid dienone is 1. The fourth-order valence-corrected chi connectivity index (χ4v) is 4.26. The first-order valence-corrected chi connectivity index (χ1v) is 11.5. The van der Waals surface area contributed by atoms with Crippen molar-refractivity contribution in [2.45, 2.75) is 98.1 Å². The summed E-state index contributed by atoms with van der Waals surface area (Å²) in [5, 5.41) is 17.5. The summed E-state index contributed by atoms with van der Waals surface area (Å²) >= 11 is 0. The van der Waals surface area contributed by atoms with Crippen molar-refractivity contribution in [3.63, 3.8) is 0 Å². The van der Waals surface area contributed by atoms with E-state index in [1.807, 2.05) is 6.92 Å². The second-order valence-corrected chi connectivity index (χ2v) is 8.93. The second-order valence-electron chi connectivity index (χ2n) is 8.93. The largest absolute Gasteiger partial charge is 0.396 e. The summed E-state index contributed by atoms with van der Waals surface area (Å²) in [7, 11) is 0. The van der Waals surface area contributed by atoms with Gasteiger partial charge in [-0.3, -0.25) is 0 Å². The molecule has 3 unspecified atom stereocenters. The highest BCUT2D eigenvalue weighted by molar-refractivity contribution is 5.18.